The van der Waals surface area contributed by atoms with Crippen LogP contribution in [0.1, 0.15) is 30.9 Å². The van der Waals surface area contributed by atoms with Gasteiger partial charge >= 0.3 is 0 Å². The molecule has 1 aromatic carbocycles. The quantitative estimate of drug-likeness (QED) is 0.525. The number of nitrogens with zero attached hydrogens (tertiary/aromatic N) is 1. The predicted octanol–water partition coefficient (Wildman–Crippen LogP) is 2.64. The summed E-state index contributed by atoms with van der Waals surface area (Å²) in [7, 11) is 0. The molecule has 0 amide bonds. The maximum absolute atomic E-state index is 5.17. The zero-order chi connectivity index (χ0) is 9.80. The Bertz CT molecular complexity index is 329. The van der Waals surface area contributed by atoms with Gasteiger partial charge in [-0.2, -0.15) is 0 Å². The minimum atomic E-state index is 0.358. The average Bonchev–Trinajstić information content (AvgIpc) is 3.03. The van der Waals surface area contributed by atoms with Crippen LogP contribution in [-0.2, 0) is 11.3 Å². The van der Waals surface area contributed by atoms with E-state index >= 15 is 0 Å². The molecule has 1 aliphatic rings. The molecule has 2 rings (SSSR count). The smallest absolute Gasteiger partial charge is 0.139 e. The summed E-state index contributed by atoms with van der Waals surface area (Å²) in [4.78, 5) is 5.17. The van der Waals surface area contributed by atoms with Crippen LogP contribution in [0.3, 0.4) is 0 Å². The van der Waals surface area contributed by atoms with Crippen molar-refractivity contribution >= 4 is 6.21 Å². The van der Waals surface area contributed by atoms with Crippen molar-refractivity contribution in [3.8, 4) is 0 Å². The van der Waals surface area contributed by atoms with Gasteiger partial charge in [0.05, 0.1) is 0 Å². The van der Waals surface area contributed by atoms with Crippen LogP contribution in [0.15, 0.2) is 29.4 Å². The number of hydrogen-bond acceptors (Lipinski definition) is 2. The van der Waals surface area contributed by atoms with Crippen LogP contribution in [0.4, 0.5) is 0 Å². The normalized spacial score (nSPS) is 16.1. The van der Waals surface area contributed by atoms with Gasteiger partial charge in [-0.1, -0.05) is 36.3 Å². The largest absolute Gasteiger partial charge is 0.392 e. The number of benzene rings is 1. The molecule has 1 radical (unpaired) electrons. The van der Waals surface area contributed by atoms with Crippen molar-refractivity contribution in [1.82, 2.24) is 0 Å². The zero-order valence-electron chi connectivity index (χ0n) is 8.36. The lowest BCUT2D eigenvalue weighted by molar-refractivity contribution is 0.131. The summed E-state index contributed by atoms with van der Waals surface area (Å²) in [6, 6.07) is 8.13. The van der Waals surface area contributed by atoms with Crippen LogP contribution < -0.4 is 0 Å². The summed E-state index contributed by atoms with van der Waals surface area (Å²) >= 11 is 0. The molecule has 0 aliphatic heterocycles. The standard InChI is InChI=1S/C12H14NO/c1-2-10-5-3-4-6-11(10)9-13-14-12-7-8-12/h3-6,12H,2,7-8H2,1H3. The van der Waals surface area contributed by atoms with E-state index in [1.807, 2.05) is 18.2 Å². The van der Waals surface area contributed by atoms with E-state index in [0.29, 0.717) is 6.10 Å². The molecule has 0 saturated heterocycles. The molecule has 0 unspecified atom stereocenters. The summed E-state index contributed by atoms with van der Waals surface area (Å²) in [5.74, 6) is 0. The fourth-order valence-corrected chi connectivity index (χ4v) is 1.26. The van der Waals surface area contributed by atoms with E-state index in [-0.39, 0.29) is 0 Å². The van der Waals surface area contributed by atoms with Crippen molar-refractivity contribution in [2.45, 2.75) is 32.3 Å². The van der Waals surface area contributed by atoms with Gasteiger partial charge < -0.3 is 4.84 Å². The van der Waals surface area contributed by atoms with E-state index in [0.717, 1.165) is 24.8 Å². The summed E-state index contributed by atoms with van der Waals surface area (Å²) < 4.78 is 0. The molecular formula is C12H14NO. The minimum absolute atomic E-state index is 0.358. The van der Waals surface area contributed by atoms with Crippen LogP contribution >= 0.6 is 0 Å². The summed E-state index contributed by atoms with van der Waals surface area (Å²) in [5.41, 5.74) is 2.30. The molecule has 0 heterocycles. The molecule has 1 fully saturated rings. The Labute approximate surface area is 84.6 Å². The Kier molecular flexibility index (Phi) is 2.82. The Balaban J connectivity index is 2.02. The first-order chi connectivity index (χ1) is 6.90. The van der Waals surface area contributed by atoms with Crippen molar-refractivity contribution < 1.29 is 4.84 Å². The first-order valence-corrected chi connectivity index (χ1v) is 5.10. The molecule has 1 aliphatic carbocycles. The van der Waals surface area contributed by atoms with Crippen LogP contribution in [0.5, 0.6) is 0 Å². The van der Waals surface area contributed by atoms with E-state index in [1.165, 1.54) is 5.56 Å². The van der Waals surface area contributed by atoms with Gasteiger partial charge in [0.25, 0.3) is 0 Å². The first kappa shape index (κ1) is 9.25. The third-order valence-corrected chi connectivity index (χ3v) is 2.29. The van der Waals surface area contributed by atoms with Gasteiger partial charge in [0.1, 0.15) is 12.3 Å². The second kappa shape index (κ2) is 4.27. The average molecular weight is 188 g/mol. The lowest BCUT2D eigenvalue weighted by atomic mass is 10.1. The van der Waals surface area contributed by atoms with Crippen molar-refractivity contribution in [1.29, 1.82) is 0 Å². The fraction of sp³-hybridized carbons (Fsp3) is 0.417. The highest BCUT2D eigenvalue weighted by molar-refractivity contribution is 5.81. The Morgan fingerprint density at radius 3 is 2.93 bits per heavy atom. The van der Waals surface area contributed by atoms with Gasteiger partial charge in [0, 0.05) is 5.56 Å². The summed E-state index contributed by atoms with van der Waals surface area (Å²) in [6.07, 6.45) is 6.58. The summed E-state index contributed by atoms with van der Waals surface area (Å²) in [6.45, 7) is 2.13. The zero-order valence-corrected chi connectivity index (χ0v) is 8.36. The maximum Gasteiger partial charge on any atom is 0.139 e. The lowest BCUT2D eigenvalue weighted by Gasteiger charge is -2.00. The molecule has 2 heteroatoms. The molecule has 0 aromatic heterocycles. The Morgan fingerprint density at radius 2 is 2.21 bits per heavy atom. The van der Waals surface area contributed by atoms with Crippen LogP contribution in [0.2, 0.25) is 0 Å². The van der Waals surface area contributed by atoms with Gasteiger partial charge in [-0.25, -0.2) is 0 Å². The predicted molar refractivity (Wildman–Crippen MR) is 56.5 cm³/mol. The molecule has 1 aromatic rings. The molecule has 73 valence electrons. The number of rotatable bonds is 4. The molecule has 2 nitrogen and oxygen atoms in total. The van der Waals surface area contributed by atoms with Crippen molar-refractivity contribution in [3.63, 3.8) is 0 Å². The molecule has 0 atom stereocenters. The van der Waals surface area contributed by atoms with Gasteiger partial charge in [-0.3, -0.25) is 0 Å². The number of aryl methyl sites for hydroxylation is 1. The lowest BCUT2D eigenvalue weighted by Crippen LogP contribution is -1.92. The third kappa shape index (κ3) is 2.34. The van der Waals surface area contributed by atoms with Gasteiger partial charge in [-0.15, -0.1) is 0 Å². The van der Waals surface area contributed by atoms with Crippen molar-refractivity contribution in [2.75, 3.05) is 0 Å². The minimum Gasteiger partial charge on any atom is -0.392 e. The molecule has 0 bridgehead atoms. The van der Waals surface area contributed by atoms with E-state index in [4.69, 9.17) is 4.84 Å². The van der Waals surface area contributed by atoms with Crippen LogP contribution in [0.25, 0.3) is 0 Å². The molecule has 14 heavy (non-hydrogen) atoms. The number of hydrogen-bond donors (Lipinski definition) is 0. The second-order valence-corrected chi connectivity index (χ2v) is 3.52. The molecule has 0 N–H and O–H groups in total. The van der Waals surface area contributed by atoms with Gasteiger partial charge in [0.15, 0.2) is 0 Å². The monoisotopic (exact) mass is 188 g/mol. The van der Waals surface area contributed by atoms with Crippen LogP contribution in [-0.4, -0.2) is 12.3 Å². The van der Waals surface area contributed by atoms with E-state index in [2.05, 4.69) is 24.4 Å². The molecule has 1 saturated carbocycles. The molecular weight excluding hydrogens is 174 g/mol. The van der Waals surface area contributed by atoms with Crippen LogP contribution in [0, 0.1) is 0 Å². The molecule has 0 spiro atoms. The third-order valence-electron chi connectivity index (χ3n) is 2.29. The first-order valence-electron chi connectivity index (χ1n) is 5.10. The van der Waals surface area contributed by atoms with Gasteiger partial charge in [-0.05, 0) is 24.8 Å². The fourth-order valence-electron chi connectivity index (χ4n) is 1.26. The second-order valence-electron chi connectivity index (χ2n) is 3.52. The van der Waals surface area contributed by atoms with Gasteiger partial charge in [0.2, 0.25) is 0 Å². The van der Waals surface area contributed by atoms with E-state index in [9.17, 15) is 0 Å². The Hall–Kier alpha value is -1.31. The van der Waals surface area contributed by atoms with E-state index in [1.54, 1.807) is 0 Å². The highest BCUT2D eigenvalue weighted by atomic mass is 16.6. The highest BCUT2D eigenvalue weighted by Crippen LogP contribution is 2.23. The highest BCUT2D eigenvalue weighted by Gasteiger charge is 2.23. The van der Waals surface area contributed by atoms with Crippen molar-refractivity contribution in [3.05, 3.63) is 35.4 Å². The van der Waals surface area contributed by atoms with Crippen molar-refractivity contribution in [2.24, 2.45) is 5.16 Å². The SMILES string of the molecule is CCc1ccccc1/[C]=N/OC1CC1. The Morgan fingerprint density at radius 1 is 1.43 bits per heavy atom. The topological polar surface area (TPSA) is 21.6 Å². The van der Waals surface area contributed by atoms with E-state index < -0.39 is 0 Å². The maximum atomic E-state index is 5.17. The summed E-state index contributed by atoms with van der Waals surface area (Å²) in [5, 5.41) is 3.86.